The van der Waals surface area contributed by atoms with E-state index < -0.39 is 0 Å². The van der Waals surface area contributed by atoms with Gasteiger partial charge in [0, 0.05) is 18.9 Å². The van der Waals surface area contributed by atoms with E-state index in [-0.39, 0.29) is 0 Å². The van der Waals surface area contributed by atoms with E-state index in [1.54, 1.807) is 0 Å². The summed E-state index contributed by atoms with van der Waals surface area (Å²) in [5.74, 6) is 0. The standard InChI is InChI=1S/C20H28N4/c1-10-22-24(13-1)17-19-4-2-18(3-5-19)16-23-14-8-20(9-15-23)6-11-21-12-7-20/h1-5,10,13,21H,6-9,11-12,14-17H2. The number of hydrogen-bond donors (Lipinski definition) is 1. The minimum absolute atomic E-state index is 0.648. The molecule has 0 unspecified atom stereocenters. The molecule has 4 rings (SSSR count). The van der Waals surface area contributed by atoms with Crippen LogP contribution < -0.4 is 5.32 Å². The summed E-state index contributed by atoms with van der Waals surface area (Å²) in [5.41, 5.74) is 3.39. The maximum absolute atomic E-state index is 4.27. The Morgan fingerprint density at radius 3 is 2.21 bits per heavy atom. The maximum atomic E-state index is 4.27. The number of aromatic nitrogens is 2. The zero-order chi connectivity index (χ0) is 16.2. The van der Waals surface area contributed by atoms with Gasteiger partial charge in [0.15, 0.2) is 0 Å². The highest BCUT2D eigenvalue weighted by Crippen LogP contribution is 2.39. The summed E-state index contributed by atoms with van der Waals surface area (Å²) in [5, 5.41) is 7.78. The Labute approximate surface area is 144 Å². The van der Waals surface area contributed by atoms with Crippen LogP contribution in [0.5, 0.6) is 0 Å². The van der Waals surface area contributed by atoms with E-state index in [1.165, 1.54) is 63.0 Å². The van der Waals surface area contributed by atoms with Gasteiger partial charge >= 0.3 is 0 Å². The molecule has 4 heteroatoms. The predicted molar refractivity (Wildman–Crippen MR) is 96.8 cm³/mol. The molecule has 3 heterocycles. The van der Waals surface area contributed by atoms with Crippen molar-refractivity contribution in [3.05, 3.63) is 53.9 Å². The van der Waals surface area contributed by atoms with Crippen LogP contribution in [0.25, 0.3) is 0 Å². The molecule has 0 radical (unpaired) electrons. The topological polar surface area (TPSA) is 33.1 Å². The van der Waals surface area contributed by atoms with Crippen LogP contribution >= 0.6 is 0 Å². The van der Waals surface area contributed by atoms with Crippen molar-refractivity contribution in [2.75, 3.05) is 26.2 Å². The normalized spacial score (nSPS) is 21.2. The molecule has 2 fully saturated rings. The van der Waals surface area contributed by atoms with Crippen molar-refractivity contribution in [1.29, 1.82) is 0 Å². The van der Waals surface area contributed by atoms with Crippen molar-refractivity contribution in [1.82, 2.24) is 20.0 Å². The van der Waals surface area contributed by atoms with Crippen molar-refractivity contribution in [2.24, 2.45) is 5.41 Å². The second-order valence-electron chi connectivity index (χ2n) is 7.55. The fourth-order valence-corrected chi connectivity index (χ4v) is 4.23. The molecule has 2 saturated heterocycles. The van der Waals surface area contributed by atoms with Gasteiger partial charge in [-0.15, -0.1) is 0 Å². The Hall–Kier alpha value is -1.65. The van der Waals surface area contributed by atoms with Crippen LogP contribution in [0.2, 0.25) is 0 Å². The molecule has 128 valence electrons. The molecule has 0 aliphatic carbocycles. The molecule has 1 aromatic carbocycles. The summed E-state index contributed by atoms with van der Waals surface area (Å²) in [6.07, 6.45) is 9.36. The van der Waals surface area contributed by atoms with Crippen molar-refractivity contribution >= 4 is 0 Å². The van der Waals surface area contributed by atoms with Gasteiger partial charge in [-0.05, 0) is 74.5 Å². The lowest BCUT2D eigenvalue weighted by atomic mass is 9.71. The largest absolute Gasteiger partial charge is 0.317 e. The number of nitrogens with zero attached hydrogens (tertiary/aromatic N) is 3. The van der Waals surface area contributed by atoms with Crippen molar-refractivity contribution in [3.63, 3.8) is 0 Å². The fraction of sp³-hybridized carbons (Fsp3) is 0.550. The Bertz CT molecular complexity index is 616. The first kappa shape index (κ1) is 15.9. The molecule has 0 atom stereocenters. The lowest BCUT2D eigenvalue weighted by Crippen LogP contribution is -2.45. The quantitative estimate of drug-likeness (QED) is 0.939. The molecule has 1 aromatic heterocycles. The number of piperidine rings is 2. The van der Waals surface area contributed by atoms with E-state index in [0.717, 1.165) is 13.1 Å². The summed E-state index contributed by atoms with van der Waals surface area (Å²) < 4.78 is 1.97. The first-order valence-corrected chi connectivity index (χ1v) is 9.30. The third-order valence-corrected chi connectivity index (χ3v) is 5.91. The highest BCUT2D eigenvalue weighted by Gasteiger charge is 2.35. The molecule has 0 amide bonds. The van der Waals surface area contributed by atoms with Gasteiger partial charge in [0.05, 0.1) is 6.54 Å². The van der Waals surface area contributed by atoms with Gasteiger partial charge < -0.3 is 5.32 Å². The van der Waals surface area contributed by atoms with Gasteiger partial charge in [-0.25, -0.2) is 0 Å². The van der Waals surface area contributed by atoms with Gasteiger partial charge in [-0.3, -0.25) is 9.58 Å². The van der Waals surface area contributed by atoms with E-state index >= 15 is 0 Å². The Balaban J connectivity index is 1.30. The van der Waals surface area contributed by atoms with Crippen molar-refractivity contribution in [3.8, 4) is 0 Å². The van der Waals surface area contributed by atoms with Gasteiger partial charge in [-0.1, -0.05) is 24.3 Å². The van der Waals surface area contributed by atoms with Crippen LogP contribution in [0.3, 0.4) is 0 Å². The van der Waals surface area contributed by atoms with E-state index in [9.17, 15) is 0 Å². The molecule has 1 spiro atoms. The van der Waals surface area contributed by atoms with Crippen LogP contribution in [-0.2, 0) is 13.1 Å². The second-order valence-corrected chi connectivity index (χ2v) is 7.55. The Kier molecular flexibility index (Phi) is 4.67. The zero-order valence-corrected chi connectivity index (χ0v) is 14.5. The smallest absolute Gasteiger partial charge is 0.0659 e. The molecule has 2 aliphatic heterocycles. The first-order chi connectivity index (χ1) is 11.8. The molecule has 2 aromatic rings. The van der Waals surface area contributed by atoms with E-state index in [2.05, 4.69) is 39.6 Å². The minimum Gasteiger partial charge on any atom is -0.317 e. The molecule has 1 N–H and O–H groups in total. The van der Waals surface area contributed by atoms with Gasteiger partial charge in [-0.2, -0.15) is 5.10 Å². The minimum atomic E-state index is 0.648. The highest BCUT2D eigenvalue weighted by atomic mass is 15.3. The number of likely N-dealkylation sites (tertiary alicyclic amines) is 1. The second kappa shape index (κ2) is 7.08. The van der Waals surface area contributed by atoms with Crippen LogP contribution in [0.15, 0.2) is 42.7 Å². The third kappa shape index (κ3) is 3.70. The van der Waals surface area contributed by atoms with Crippen molar-refractivity contribution < 1.29 is 0 Å². The summed E-state index contributed by atoms with van der Waals surface area (Å²) >= 11 is 0. The first-order valence-electron chi connectivity index (χ1n) is 9.30. The number of nitrogens with one attached hydrogen (secondary N) is 1. The number of rotatable bonds is 4. The average molecular weight is 324 g/mol. The maximum Gasteiger partial charge on any atom is 0.0659 e. The van der Waals surface area contributed by atoms with E-state index in [0.29, 0.717) is 5.41 Å². The molecule has 4 nitrogen and oxygen atoms in total. The summed E-state index contributed by atoms with van der Waals surface area (Å²) in [7, 11) is 0. The van der Waals surface area contributed by atoms with Crippen LogP contribution in [0.4, 0.5) is 0 Å². The SMILES string of the molecule is c1cnn(Cc2ccc(CN3CCC4(CCNCC4)CC3)cc2)c1. The zero-order valence-electron chi connectivity index (χ0n) is 14.5. The molecular formula is C20H28N4. The summed E-state index contributed by atoms with van der Waals surface area (Å²) in [6, 6.07) is 11.0. The van der Waals surface area contributed by atoms with Gasteiger partial charge in [0.2, 0.25) is 0 Å². The number of hydrogen-bond acceptors (Lipinski definition) is 3. The fourth-order valence-electron chi connectivity index (χ4n) is 4.23. The van der Waals surface area contributed by atoms with E-state index in [1.807, 2.05) is 23.1 Å². The van der Waals surface area contributed by atoms with E-state index in [4.69, 9.17) is 0 Å². The Morgan fingerprint density at radius 2 is 1.58 bits per heavy atom. The highest BCUT2D eigenvalue weighted by molar-refractivity contribution is 5.22. The third-order valence-electron chi connectivity index (χ3n) is 5.91. The van der Waals surface area contributed by atoms with Crippen LogP contribution in [0, 0.1) is 5.41 Å². The predicted octanol–water partition coefficient (Wildman–Crippen LogP) is 2.90. The lowest BCUT2D eigenvalue weighted by Gasteiger charge is -2.44. The average Bonchev–Trinajstić information content (AvgIpc) is 3.13. The lowest BCUT2D eigenvalue weighted by molar-refractivity contribution is 0.0701. The van der Waals surface area contributed by atoms with Gasteiger partial charge in [0.1, 0.15) is 0 Å². The summed E-state index contributed by atoms with van der Waals surface area (Å²) in [6.45, 7) is 6.91. The number of benzene rings is 1. The molecule has 0 saturated carbocycles. The molecular weight excluding hydrogens is 296 g/mol. The summed E-state index contributed by atoms with van der Waals surface area (Å²) in [4.78, 5) is 2.63. The molecule has 0 bridgehead atoms. The Morgan fingerprint density at radius 1 is 0.917 bits per heavy atom. The molecule has 24 heavy (non-hydrogen) atoms. The van der Waals surface area contributed by atoms with Crippen LogP contribution in [-0.4, -0.2) is 40.9 Å². The monoisotopic (exact) mass is 324 g/mol. The van der Waals surface area contributed by atoms with Crippen molar-refractivity contribution in [2.45, 2.75) is 38.8 Å². The van der Waals surface area contributed by atoms with Gasteiger partial charge in [0.25, 0.3) is 0 Å². The van der Waals surface area contributed by atoms with Crippen LogP contribution in [0.1, 0.15) is 36.8 Å². The molecule has 2 aliphatic rings.